The normalized spacial score (nSPS) is 14.4. The zero-order chi connectivity index (χ0) is 33.8. The van der Waals surface area contributed by atoms with Crippen LogP contribution in [-0.2, 0) is 16.1 Å². The molecule has 0 saturated carbocycles. The Kier molecular flexibility index (Phi) is 9.45. The van der Waals surface area contributed by atoms with Crippen molar-refractivity contribution in [1.29, 1.82) is 0 Å². The lowest BCUT2D eigenvalue weighted by Gasteiger charge is -2.26. The fourth-order valence-corrected chi connectivity index (χ4v) is 6.51. The molecule has 48 heavy (non-hydrogen) atoms. The van der Waals surface area contributed by atoms with Crippen molar-refractivity contribution in [3.05, 3.63) is 166 Å². The van der Waals surface area contributed by atoms with Crippen molar-refractivity contribution in [3.8, 4) is 5.75 Å². The number of carbonyl (C=O) groups excluding carboxylic acids is 1. The first kappa shape index (κ1) is 32.3. The zero-order valence-corrected chi connectivity index (χ0v) is 27.5. The molecule has 10 heteroatoms. The summed E-state index contributed by atoms with van der Waals surface area (Å²) in [5, 5.41) is 10.9. The molecule has 0 amide bonds. The summed E-state index contributed by atoms with van der Waals surface area (Å²) in [5.41, 5.74) is 4.84. The second kappa shape index (κ2) is 14.0. The van der Waals surface area contributed by atoms with Crippen LogP contribution in [0.1, 0.15) is 60.5 Å². The monoisotopic (exact) mass is 659 g/mol. The number of esters is 1. The second-order valence-electron chi connectivity index (χ2n) is 11.5. The van der Waals surface area contributed by atoms with Crippen LogP contribution in [0.25, 0.3) is 11.8 Å². The van der Waals surface area contributed by atoms with E-state index in [0.717, 1.165) is 27.8 Å². The predicted octanol–water partition coefficient (Wildman–Crippen LogP) is 6.55. The lowest BCUT2D eigenvalue weighted by molar-refractivity contribution is -0.384. The standard InChI is InChI=1S/C38H33N3O6S/c1-4-46-37(43)33-34(28-8-6-5-7-9-28)39-38-40(35(33)29-16-14-27(15-17-29)24(2)3)36(42)32(48-38)22-25-12-20-31(21-13-25)47-23-26-10-18-30(19-11-26)41(44)45/h5-22,24,35H,4,23H2,1-3H3/b32-22-/t35-/m0/s1. The predicted molar refractivity (Wildman–Crippen MR) is 185 cm³/mol. The third kappa shape index (κ3) is 6.74. The van der Waals surface area contributed by atoms with E-state index >= 15 is 0 Å². The maximum Gasteiger partial charge on any atom is 0.338 e. The minimum Gasteiger partial charge on any atom is -0.489 e. The van der Waals surface area contributed by atoms with Gasteiger partial charge in [0, 0.05) is 17.7 Å². The summed E-state index contributed by atoms with van der Waals surface area (Å²) in [4.78, 5) is 43.7. The number of hydrogen-bond donors (Lipinski definition) is 0. The number of thiazole rings is 1. The molecule has 0 saturated heterocycles. The molecule has 0 radical (unpaired) electrons. The molecular weight excluding hydrogens is 627 g/mol. The van der Waals surface area contributed by atoms with Crippen molar-refractivity contribution >= 4 is 34.8 Å². The molecule has 0 fully saturated rings. The van der Waals surface area contributed by atoms with Gasteiger partial charge < -0.3 is 9.47 Å². The van der Waals surface area contributed by atoms with Crippen molar-refractivity contribution in [2.45, 2.75) is 39.3 Å². The minimum absolute atomic E-state index is 0.0251. The Morgan fingerprint density at radius 1 is 0.979 bits per heavy atom. The van der Waals surface area contributed by atoms with Crippen LogP contribution in [0.5, 0.6) is 5.75 Å². The van der Waals surface area contributed by atoms with E-state index in [0.29, 0.717) is 32.3 Å². The van der Waals surface area contributed by atoms with Crippen molar-refractivity contribution in [2.75, 3.05) is 6.61 Å². The Morgan fingerprint density at radius 2 is 1.67 bits per heavy atom. The molecule has 0 N–H and O–H groups in total. The van der Waals surface area contributed by atoms with E-state index in [-0.39, 0.29) is 24.5 Å². The number of nitro benzene ring substituents is 1. The van der Waals surface area contributed by atoms with Crippen LogP contribution in [0, 0.1) is 10.1 Å². The maximum atomic E-state index is 14.2. The molecule has 0 spiro atoms. The molecule has 1 atom stereocenters. The average Bonchev–Trinajstić information content (AvgIpc) is 3.41. The summed E-state index contributed by atoms with van der Waals surface area (Å²) >= 11 is 1.27. The van der Waals surface area contributed by atoms with Crippen molar-refractivity contribution < 1.29 is 19.2 Å². The molecule has 0 aliphatic carbocycles. The highest BCUT2D eigenvalue weighted by Crippen LogP contribution is 2.35. The molecule has 2 heterocycles. The zero-order valence-electron chi connectivity index (χ0n) is 26.7. The number of hydrogen-bond acceptors (Lipinski definition) is 8. The number of fused-ring (bicyclic) bond motifs is 1. The highest BCUT2D eigenvalue weighted by atomic mass is 32.1. The Labute approximate surface area is 280 Å². The van der Waals surface area contributed by atoms with Crippen molar-refractivity contribution in [2.24, 2.45) is 4.99 Å². The minimum atomic E-state index is -0.742. The first-order chi connectivity index (χ1) is 23.2. The highest BCUT2D eigenvalue weighted by molar-refractivity contribution is 7.07. The van der Waals surface area contributed by atoms with Gasteiger partial charge in [0.1, 0.15) is 12.4 Å². The number of nitro groups is 1. The Bertz CT molecular complexity index is 2170. The van der Waals surface area contributed by atoms with Crippen LogP contribution in [0.2, 0.25) is 0 Å². The molecule has 1 aliphatic heterocycles. The number of non-ortho nitro benzene ring substituents is 1. The fraction of sp³-hybridized carbons (Fsp3) is 0.184. The van der Waals surface area contributed by atoms with Gasteiger partial charge in [0.2, 0.25) is 0 Å². The van der Waals surface area contributed by atoms with Crippen molar-refractivity contribution in [3.63, 3.8) is 0 Å². The van der Waals surface area contributed by atoms with Gasteiger partial charge in [-0.05, 0) is 65.4 Å². The average molecular weight is 660 g/mol. The fourth-order valence-electron chi connectivity index (χ4n) is 5.51. The first-order valence-corrected chi connectivity index (χ1v) is 16.4. The second-order valence-corrected chi connectivity index (χ2v) is 12.5. The largest absolute Gasteiger partial charge is 0.489 e. The van der Waals surface area contributed by atoms with E-state index in [2.05, 4.69) is 13.8 Å². The first-order valence-electron chi connectivity index (χ1n) is 15.6. The van der Waals surface area contributed by atoms with Gasteiger partial charge in [0.25, 0.3) is 11.2 Å². The SMILES string of the molecule is CCOC(=O)C1=C(c2ccccc2)N=c2s/c(=C\c3ccc(OCc4ccc([N+](=O)[O-])cc4)cc3)c(=O)n2[C@H]1c1ccc(C(C)C)cc1. The third-order valence-electron chi connectivity index (χ3n) is 8.02. The highest BCUT2D eigenvalue weighted by Gasteiger charge is 2.35. The topological polar surface area (TPSA) is 113 Å². The molecule has 0 bridgehead atoms. The van der Waals surface area contributed by atoms with Gasteiger partial charge >= 0.3 is 5.97 Å². The van der Waals surface area contributed by atoms with Gasteiger partial charge in [-0.1, -0.05) is 91.9 Å². The summed E-state index contributed by atoms with van der Waals surface area (Å²) in [5.74, 6) is 0.417. The Balaban J connectivity index is 1.39. The van der Waals surface area contributed by atoms with Crippen molar-refractivity contribution in [1.82, 2.24) is 4.57 Å². The molecule has 9 nitrogen and oxygen atoms in total. The number of benzene rings is 4. The van der Waals surface area contributed by atoms with Gasteiger partial charge in [-0.2, -0.15) is 0 Å². The number of rotatable bonds is 10. The van der Waals surface area contributed by atoms with Gasteiger partial charge in [0.05, 0.1) is 33.4 Å². The van der Waals surface area contributed by atoms with E-state index in [4.69, 9.17) is 14.5 Å². The lowest BCUT2D eigenvalue weighted by atomic mass is 9.91. The number of aromatic nitrogens is 1. The summed E-state index contributed by atoms with van der Waals surface area (Å²) in [6.07, 6.45) is 1.80. The lowest BCUT2D eigenvalue weighted by Crippen LogP contribution is -2.40. The summed E-state index contributed by atoms with van der Waals surface area (Å²) in [7, 11) is 0. The molecule has 242 valence electrons. The van der Waals surface area contributed by atoms with E-state index in [1.165, 1.54) is 23.5 Å². The molecule has 0 unspecified atom stereocenters. The van der Waals surface area contributed by atoms with Gasteiger partial charge in [0.15, 0.2) is 4.80 Å². The quantitative estimate of drug-likeness (QED) is 0.0956. The number of nitrogens with zero attached hydrogens (tertiary/aromatic N) is 3. The van der Waals surface area contributed by atoms with Crippen LogP contribution >= 0.6 is 11.3 Å². The van der Waals surface area contributed by atoms with E-state index < -0.39 is 16.9 Å². The smallest absolute Gasteiger partial charge is 0.338 e. The molecular formula is C38H33N3O6S. The molecule has 5 aromatic rings. The Morgan fingerprint density at radius 3 is 2.29 bits per heavy atom. The van der Waals surface area contributed by atoms with Gasteiger partial charge in [-0.3, -0.25) is 19.5 Å². The summed E-state index contributed by atoms with van der Waals surface area (Å²) in [6, 6.07) is 30.3. The maximum absolute atomic E-state index is 14.2. The van der Waals surface area contributed by atoms with Crippen LogP contribution in [0.15, 0.2) is 118 Å². The number of carbonyl (C=O) groups is 1. The van der Waals surface area contributed by atoms with Crippen LogP contribution in [0.3, 0.4) is 0 Å². The molecule has 6 rings (SSSR count). The number of ether oxygens (including phenoxy) is 2. The van der Waals surface area contributed by atoms with Gasteiger partial charge in [-0.25, -0.2) is 9.79 Å². The van der Waals surface area contributed by atoms with Gasteiger partial charge in [-0.15, -0.1) is 0 Å². The summed E-state index contributed by atoms with van der Waals surface area (Å²) < 4.78 is 13.5. The summed E-state index contributed by atoms with van der Waals surface area (Å²) in [6.45, 7) is 6.43. The van der Waals surface area contributed by atoms with E-state index in [1.54, 1.807) is 41.8 Å². The van der Waals surface area contributed by atoms with Crippen LogP contribution in [0.4, 0.5) is 5.69 Å². The van der Waals surface area contributed by atoms with Crippen LogP contribution < -0.4 is 19.6 Å². The van der Waals surface area contributed by atoms with E-state index in [1.807, 2.05) is 66.7 Å². The molecule has 4 aromatic carbocycles. The third-order valence-corrected chi connectivity index (χ3v) is 9.01. The Hall–Kier alpha value is -5.61. The molecule has 1 aromatic heterocycles. The van der Waals surface area contributed by atoms with Crippen LogP contribution in [-0.4, -0.2) is 22.1 Å². The van der Waals surface area contributed by atoms with E-state index in [9.17, 15) is 19.7 Å². The molecule has 1 aliphatic rings.